The largest absolute Gasteiger partial charge is 0.490 e. The van der Waals surface area contributed by atoms with E-state index in [1.807, 2.05) is 24.3 Å². The molecule has 27 heavy (non-hydrogen) atoms. The van der Waals surface area contributed by atoms with Gasteiger partial charge in [0, 0.05) is 0 Å². The van der Waals surface area contributed by atoms with Crippen LogP contribution in [0.4, 0.5) is 10.5 Å². The van der Waals surface area contributed by atoms with Gasteiger partial charge in [-0.2, -0.15) is 0 Å². The zero-order valence-corrected chi connectivity index (χ0v) is 15.8. The Labute approximate surface area is 159 Å². The smallest absolute Gasteiger partial charge is 0.411 e. The van der Waals surface area contributed by atoms with Crippen molar-refractivity contribution in [2.45, 2.75) is 32.6 Å². The molecule has 0 fully saturated rings. The maximum atomic E-state index is 11.9. The first-order valence-electron chi connectivity index (χ1n) is 8.83. The number of carboxylic acid groups (broad SMARTS) is 1. The van der Waals surface area contributed by atoms with Gasteiger partial charge in [0.15, 0.2) is 0 Å². The molecular weight excluding hydrogens is 346 g/mol. The highest BCUT2D eigenvalue weighted by Crippen LogP contribution is 2.33. The van der Waals surface area contributed by atoms with Crippen LogP contribution in [-0.2, 0) is 10.2 Å². The van der Waals surface area contributed by atoms with Gasteiger partial charge in [-0.25, -0.2) is 9.59 Å². The molecule has 0 aliphatic rings. The number of rotatable bonds is 8. The standard InChI is InChI=1S/C21H25NO5/c1-4-21(2,3)16-10-6-8-12-18(16)26-13-14-27-20(25)22-17-11-7-5-9-15(17)19(23)24/h5-12H,4,13-14H2,1-3H3,(H,22,25)(H,23,24). The first-order chi connectivity index (χ1) is 12.8. The number of aromatic carboxylic acids is 1. The van der Waals surface area contributed by atoms with Gasteiger partial charge < -0.3 is 14.6 Å². The number of benzene rings is 2. The summed E-state index contributed by atoms with van der Waals surface area (Å²) in [5, 5.41) is 11.6. The van der Waals surface area contributed by atoms with E-state index in [1.54, 1.807) is 12.1 Å². The Morgan fingerprint density at radius 3 is 2.41 bits per heavy atom. The van der Waals surface area contributed by atoms with Crippen LogP contribution >= 0.6 is 0 Å². The molecule has 2 aromatic rings. The summed E-state index contributed by atoms with van der Waals surface area (Å²) in [6, 6.07) is 14.0. The van der Waals surface area contributed by atoms with Crippen LogP contribution in [0.25, 0.3) is 0 Å². The SMILES string of the molecule is CCC(C)(C)c1ccccc1OCCOC(=O)Nc1ccccc1C(=O)O. The second-order valence-electron chi connectivity index (χ2n) is 6.69. The first kappa shape index (κ1) is 20.3. The number of amides is 1. The van der Waals surface area contributed by atoms with E-state index < -0.39 is 12.1 Å². The number of hydrogen-bond acceptors (Lipinski definition) is 4. The van der Waals surface area contributed by atoms with Crippen molar-refractivity contribution in [1.82, 2.24) is 0 Å². The summed E-state index contributed by atoms with van der Waals surface area (Å²) in [5.74, 6) is -0.353. The topological polar surface area (TPSA) is 84.9 Å². The summed E-state index contributed by atoms with van der Waals surface area (Å²) < 4.78 is 10.9. The van der Waals surface area contributed by atoms with Gasteiger partial charge in [0.05, 0.1) is 11.3 Å². The van der Waals surface area contributed by atoms with E-state index in [4.69, 9.17) is 14.6 Å². The van der Waals surface area contributed by atoms with E-state index >= 15 is 0 Å². The fourth-order valence-electron chi connectivity index (χ4n) is 2.55. The van der Waals surface area contributed by atoms with E-state index in [1.165, 1.54) is 12.1 Å². The third-order valence-corrected chi connectivity index (χ3v) is 4.47. The van der Waals surface area contributed by atoms with Crippen molar-refractivity contribution in [1.29, 1.82) is 0 Å². The number of ether oxygens (including phenoxy) is 2. The molecule has 0 saturated heterocycles. The average molecular weight is 371 g/mol. The van der Waals surface area contributed by atoms with Gasteiger partial charge in [-0.05, 0) is 35.6 Å². The minimum Gasteiger partial charge on any atom is -0.490 e. The molecule has 0 radical (unpaired) electrons. The van der Waals surface area contributed by atoms with Crippen molar-refractivity contribution in [3.63, 3.8) is 0 Å². The predicted molar refractivity (Wildman–Crippen MR) is 104 cm³/mol. The number of nitrogens with one attached hydrogen (secondary N) is 1. The molecule has 6 nitrogen and oxygen atoms in total. The predicted octanol–water partition coefficient (Wildman–Crippen LogP) is 4.70. The van der Waals surface area contributed by atoms with E-state index in [2.05, 4.69) is 26.1 Å². The van der Waals surface area contributed by atoms with Crippen LogP contribution in [0.2, 0.25) is 0 Å². The molecule has 0 aliphatic carbocycles. The number of carbonyl (C=O) groups is 2. The molecule has 0 heterocycles. The Morgan fingerprint density at radius 2 is 1.70 bits per heavy atom. The lowest BCUT2D eigenvalue weighted by Crippen LogP contribution is -2.20. The summed E-state index contributed by atoms with van der Waals surface area (Å²) >= 11 is 0. The Hall–Kier alpha value is -3.02. The molecule has 0 aromatic heterocycles. The quantitative estimate of drug-likeness (QED) is 0.657. The van der Waals surface area contributed by atoms with Crippen molar-refractivity contribution >= 4 is 17.7 Å². The highest BCUT2D eigenvalue weighted by molar-refractivity contribution is 5.98. The van der Waals surface area contributed by atoms with Crippen molar-refractivity contribution < 1.29 is 24.2 Å². The Bertz CT molecular complexity index is 801. The van der Waals surface area contributed by atoms with Crippen LogP contribution in [0.5, 0.6) is 5.75 Å². The van der Waals surface area contributed by atoms with Crippen molar-refractivity contribution in [2.24, 2.45) is 0 Å². The molecule has 0 bridgehead atoms. The molecule has 0 saturated carbocycles. The Kier molecular flexibility index (Phi) is 6.82. The second kappa shape index (κ2) is 9.07. The lowest BCUT2D eigenvalue weighted by atomic mass is 9.82. The highest BCUT2D eigenvalue weighted by atomic mass is 16.6. The minimum atomic E-state index is -1.12. The Morgan fingerprint density at radius 1 is 1.04 bits per heavy atom. The molecule has 6 heteroatoms. The average Bonchev–Trinajstić information content (AvgIpc) is 2.65. The van der Waals surface area contributed by atoms with Crippen molar-refractivity contribution in [3.8, 4) is 5.75 Å². The maximum Gasteiger partial charge on any atom is 0.411 e. The number of anilines is 1. The van der Waals surface area contributed by atoms with E-state index in [0.717, 1.165) is 17.7 Å². The molecule has 1 amide bonds. The number of carbonyl (C=O) groups excluding carboxylic acids is 1. The third-order valence-electron chi connectivity index (χ3n) is 4.47. The molecule has 2 aromatic carbocycles. The fourth-order valence-corrected chi connectivity index (χ4v) is 2.55. The number of carboxylic acids is 1. The molecule has 2 N–H and O–H groups in total. The fraction of sp³-hybridized carbons (Fsp3) is 0.333. The maximum absolute atomic E-state index is 11.9. The monoisotopic (exact) mass is 371 g/mol. The molecular formula is C21H25NO5. The van der Waals surface area contributed by atoms with Gasteiger partial charge in [-0.1, -0.05) is 51.1 Å². The van der Waals surface area contributed by atoms with Gasteiger partial charge in [0.2, 0.25) is 0 Å². The molecule has 0 atom stereocenters. The number of hydrogen-bond donors (Lipinski definition) is 2. The summed E-state index contributed by atoms with van der Waals surface area (Å²) in [5.41, 5.74) is 1.27. The molecule has 0 unspecified atom stereocenters. The van der Waals surface area contributed by atoms with Gasteiger partial charge in [0.25, 0.3) is 0 Å². The third kappa shape index (κ3) is 5.48. The second-order valence-corrected chi connectivity index (χ2v) is 6.69. The van der Waals surface area contributed by atoms with E-state index in [0.29, 0.717) is 0 Å². The van der Waals surface area contributed by atoms with Crippen LogP contribution in [0.1, 0.15) is 43.1 Å². The highest BCUT2D eigenvalue weighted by Gasteiger charge is 2.22. The summed E-state index contributed by atoms with van der Waals surface area (Å²) in [7, 11) is 0. The summed E-state index contributed by atoms with van der Waals surface area (Å²) in [4.78, 5) is 23.0. The minimum absolute atomic E-state index is 0.00132. The molecule has 0 spiro atoms. The summed E-state index contributed by atoms with van der Waals surface area (Å²) in [6.45, 7) is 6.67. The normalized spacial score (nSPS) is 10.9. The first-order valence-corrected chi connectivity index (χ1v) is 8.83. The lowest BCUT2D eigenvalue weighted by Gasteiger charge is -2.26. The zero-order valence-electron chi connectivity index (χ0n) is 15.8. The van der Waals surface area contributed by atoms with Crippen molar-refractivity contribution in [2.75, 3.05) is 18.5 Å². The van der Waals surface area contributed by atoms with Crippen LogP contribution in [0.3, 0.4) is 0 Å². The Balaban J connectivity index is 1.88. The van der Waals surface area contributed by atoms with Crippen LogP contribution < -0.4 is 10.1 Å². The van der Waals surface area contributed by atoms with E-state index in [9.17, 15) is 9.59 Å². The van der Waals surface area contributed by atoms with Gasteiger partial charge >= 0.3 is 12.1 Å². The van der Waals surface area contributed by atoms with Crippen molar-refractivity contribution in [3.05, 3.63) is 59.7 Å². The zero-order chi connectivity index (χ0) is 19.9. The van der Waals surface area contributed by atoms with Crippen LogP contribution in [-0.4, -0.2) is 30.4 Å². The van der Waals surface area contributed by atoms with Gasteiger partial charge in [-0.15, -0.1) is 0 Å². The molecule has 2 rings (SSSR count). The lowest BCUT2D eigenvalue weighted by molar-refractivity contribution is 0.0698. The summed E-state index contributed by atoms with van der Waals surface area (Å²) in [6.07, 6.45) is 0.240. The number of para-hydroxylation sites is 2. The van der Waals surface area contributed by atoms with Gasteiger partial charge in [0.1, 0.15) is 19.0 Å². The van der Waals surface area contributed by atoms with Crippen LogP contribution in [0, 0.1) is 0 Å². The van der Waals surface area contributed by atoms with Gasteiger partial charge in [-0.3, -0.25) is 5.32 Å². The molecule has 144 valence electrons. The van der Waals surface area contributed by atoms with Crippen LogP contribution in [0.15, 0.2) is 48.5 Å². The van der Waals surface area contributed by atoms with E-state index in [-0.39, 0.29) is 29.9 Å². The molecule has 0 aliphatic heterocycles.